The summed E-state index contributed by atoms with van der Waals surface area (Å²) < 4.78 is 13.1. The number of H-pyrrole nitrogens is 1. The van der Waals surface area contributed by atoms with Gasteiger partial charge in [-0.3, -0.25) is 0 Å². The van der Waals surface area contributed by atoms with Crippen LogP contribution < -0.4 is 15.6 Å². The van der Waals surface area contributed by atoms with Crippen LogP contribution in [0, 0.1) is 5.82 Å². The predicted molar refractivity (Wildman–Crippen MR) is 113 cm³/mol. The summed E-state index contributed by atoms with van der Waals surface area (Å²) in [5.41, 5.74) is 5.49. The van der Waals surface area contributed by atoms with E-state index in [9.17, 15) is 4.39 Å². The molecule has 0 aliphatic heterocycles. The SMILES string of the molecule is CN(C)c1nc(N/N=C\c2c[nH]c3ccccc23)nc(Nc2ccc(F)cc2)n1. The van der Waals surface area contributed by atoms with Crippen molar-refractivity contribution in [3.05, 3.63) is 66.1 Å². The first-order chi connectivity index (χ1) is 14.1. The van der Waals surface area contributed by atoms with E-state index in [0.29, 0.717) is 17.6 Å². The van der Waals surface area contributed by atoms with Crippen molar-refractivity contribution in [2.24, 2.45) is 5.10 Å². The number of fused-ring (bicyclic) bond motifs is 1. The number of para-hydroxylation sites is 1. The number of nitrogens with zero attached hydrogens (tertiary/aromatic N) is 5. The van der Waals surface area contributed by atoms with E-state index in [4.69, 9.17) is 0 Å². The zero-order valence-corrected chi connectivity index (χ0v) is 15.9. The molecule has 0 saturated heterocycles. The van der Waals surface area contributed by atoms with Crippen LogP contribution >= 0.6 is 0 Å². The fourth-order valence-electron chi connectivity index (χ4n) is 2.69. The highest BCUT2D eigenvalue weighted by molar-refractivity contribution is 5.99. The van der Waals surface area contributed by atoms with Gasteiger partial charge < -0.3 is 15.2 Å². The van der Waals surface area contributed by atoms with Crippen LogP contribution in [-0.2, 0) is 0 Å². The average Bonchev–Trinajstić information content (AvgIpc) is 3.13. The molecule has 4 rings (SSSR count). The van der Waals surface area contributed by atoms with Gasteiger partial charge in [0.1, 0.15) is 5.82 Å². The van der Waals surface area contributed by atoms with Crippen LogP contribution in [0.25, 0.3) is 10.9 Å². The molecule has 0 fully saturated rings. The Balaban J connectivity index is 1.55. The summed E-state index contributed by atoms with van der Waals surface area (Å²) in [6.45, 7) is 0. The lowest BCUT2D eigenvalue weighted by Crippen LogP contribution is -2.15. The van der Waals surface area contributed by atoms with Gasteiger partial charge in [-0.25, -0.2) is 9.82 Å². The van der Waals surface area contributed by atoms with E-state index >= 15 is 0 Å². The summed E-state index contributed by atoms with van der Waals surface area (Å²) in [6.07, 6.45) is 3.58. The minimum Gasteiger partial charge on any atom is -0.361 e. The van der Waals surface area contributed by atoms with Crippen LogP contribution in [0.4, 0.5) is 27.9 Å². The van der Waals surface area contributed by atoms with Gasteiger partial charge in [-0.2, -0.15) is 20.1 Å². The number of hydrazone groups is 1. The molecule has 4 aromatic rings. The molecule has 0 aliphatic carbocycles. The van der Waals surface area contributed by atoms with Gasteiger partial charge >= 0.3 is 0 Å². The molecule has 0 aliphatic rings. The maximum absolute atomic E-state index is 13.1. The molecule has 0 radical (unpaired) electrons. The van der Waals surface area contributed by atoms with Gasteiger partial charge in [-0.1, -0.05) is 18.2 Å². The van der Waals surface area contributed by atoms with Crippen molar-refractivity contribution in [2.45, 2.75) is 0 Å². The van der Waals surface area contributed by atoms with Gasteiger partial charge in [0, 0.05) is 42.4 Å². The van der Waals surface area contributed by atoms with E-state index in [1.807, 2.05) is 44.6 Å². The summed E-state index contributed by atoms with van der Waals surface area (Å²) in [7, 11) is 3.66. The molecule has 0 amide bonds. The standard InChI is InChI=1S/C20H19FN8/c1-29(2)20-26-18(24-15-9-7-14(21)8-10-15)25-19(27-20)28-23-12-13-11-22-17-6-4-3-5-16(13)17/h3-12,22H,1-2H3,(H2,24,25,26,27,28)/b23-12-. The molecule has 3 N–H and O–H groups in total. The third-order valence-electron chi connectivity index (χ3n) is 4.11. The molecule has 0 bridgehead atoms. The van der Waals surface area contributed by atoms with Gasteiger partial charge in [-0.05, 0) is 30.3 Å². The molecule has 2 aromatic carbocycles. The number of aromatic nitrogens is 4. The monoisotopic (exact) mass is 390 g/mol. The van der Waals surface area contributed by atoms with Crippen molar-refractivity contribution in [1.29, 1.82) is 0 Å². The summed E-state index contributed by atoms with van der Waals surface area (Å²) >= 11 is 0. The van der Waals surface area contributed by atoms with Gasteiger partial charge in [-0.15, -0.1) is 0 Å². The fraction of sp³-hybridized carbons (Fsp3) is 0.100. The topological polar surface area (TPSA) is 94.1 Å². The van der Waals surface area contributed by atoms with Gasteiger partial charge in [0.25, 0.3) is 0 Å². The summed E-state index contributed by atoms with van der Waals surface area (Å²) in [5, 5.41) is 8.36. The summed E-state index contributed by atoms with van der Waals surface area (Å²) in [4.78, 5) is 18.0. The first kappa shape index (κ1) is 18.4. The van der Waals surface area contributed by atoms with Gasteiger partial charge in [0.15, 0.2) is 0 Å². The Morgan fingerprint density at radius 3 is 2.55 bits per heavy atom. The highest BCUT2D eigenvalue weighted by atomic mass is 19.1. The average molecular weight is 390 g/mol. The lowest BCUT2D eigenvalue weighted by Gasteiger charge is -2.13. The van der Waals surface area contributed by atoms with E-state index in [1.165, 1.54) is 12.1 Å². The highest BCUT2D eigenvalue weighted by Gasteiger charge is 2.08. The smallest absolute Gasteiger partial charge is 0.250 e. The Morgan fingerprint density at radius 2 is 1.76 bits per heavy atom. The van der Waals surface area contributed by atoms with Crippen molar-refractivity contribution in [3.63, 3.8) is 0 Å². The molecular formula is C20H19FN8. The second-order valence-electron chi connectivity index (χ2n) is 6.47. The molecule has 146 valence electrons. The van der Waals surface area contributed by atoms with Crippen molar-refractivity contribution in [2.75, 3.05) is 29.7 Å². The lowest BCUT2D eigenvalue weighted by molar-refractivity contribution is 0.628. The maximum Gasteiger partial charge on any atom is 0.250 e. The second kappa shape index (κ2) is 7.93. The van der Waals surface area contributed by atoms with E-state index in [1.54, 1.807) is 23.2 Å². The Kier molecular flexibility index (Phi) is 5.02. The molecular weight excluding hydrogens is 371 g/mol. The molecule has 0 atom stereocenters. The fourth-order valence-corrected chi connectivity index (χ4v) is 2.69. The molecule has 8 nitrogen and oxygen atoms in total. The summed E-state index contributed by atoms with van der Waals surface area (Å²) in [6, 6.07) is 13.9. The molecule has 0 spiro atoms. The van der Waals surface area contributed by atoms with E-state index in [0.717, 1.165) is 16.5 Å². The number of nitrogens with one attached hydrogen (secondary N) is 3. The van der Waals surface area contributed by atoms with E-state index in [-0.39, 0.29) is 11.8 Å². The molecule has 29 heavy (non-hydrogen) atoms. The zero-order chi connectivity index (χ0) is 20.2. The quantitative estimate of drug-likeness (QED) is 0.343. The van der Waals surface area contributed by atoms with E-state index in [2.05, 4.69) is 35.8 Å². The third-order valence-corrected chi connectivity index (χ3v) is 4.11. The van der Waals surface area contributed by atoms with Gasteiger partial charge in [0.05, 0.1) is 6.21 Å². The van der Waals surface area contributed by atoms with Crippen LogP contribution in [0.1, 0.15) is 5.56 Å². The largest absolute Gasteiger partial charge is 0.361 e. The Hall–Kier alpha value is -4.01. The summed E-state index contributed by atoms with van der Waals surface area (Å²) in [5.74, 6) is 0.744. The zero-order valence-electron chi connectivity index (χ0n) is 15.9. The first-order valence-electron chi connectivity index (χ1n) is 8.90. The lowest BCUT2D eigenvalue weighted by atomic mass is 10.2. The predicted octanol–water partition coefficient (Wildman–Crippen LogP) is 3.75. The minimum atomic E-state index is -0.311. The first-order valence-corrected chi connectivity index (χ1v) is 8.90. The van der Waals surface area contributed by atoms with Crippen LogP contribution in [0.15, 0.2) is 59.8 Å². The molecule has 2 heterocycles. The molecule has 2 aromatic heterocycles. The Labute approximate surface area is 166 Å². The highest BCUT2D eigenvalue weighted by Crippen LogP contribution is 2.18. The minimum absolute atomic E-state index is 0.282. The molecule has 0 unspecified atom stereocenters. The van der Waals surface area contributed by atoms with Crippen molar-refractivity contribution >= 4 is 40.6 Å². The van der Waals surface area contributed by atoms with Crippen LogP contribution in [0.3, 0.4) is 0 Å². The number of halogens is 1. The number of anilines is 4. The number of benzene rings is 2. The van der Waals surface area contributed by atoms with Crippen molar-refractivity contribution in [1.82, 2.24) is 19.9 Å². The number of hydrogen-bond acceptors (Lipinski definition) is 7. The molecule has 0 saturated carbocycles. The Bertz CT molecular complexity index is 1150. The van der Waals surface area contributed by atoms with Crippen LogP contribution in [0.2, 0.25) is 0 Å². The maximum atomic E-state index is 13.1. The second-order valence-corrected chi connectivity index (χ2v) is 6.47. The molecule has 9 heteroatoms. The van der Waals surface area contributed by atoms with Crippen LogP contribution in [0.5, 0.6) is 0 Å². The Morgan fingerprint density at radius 1 is 1.00 bits per heavy atom. The number of aromatic amines is 1. The van der Waals surface area contributed by atoms with E-state index < -0.39 is 0 Å². The van der Waals surface area contributed by atoms with Crippen molar-refractivity contribution < 1.29 is 4.39 Å². The van der Waals surface area contributed by atoms with Crippen LogP contribution in [-0.4, -0.2) is 40.2 Å². The van der Waals surface area contributed by atoms with Crippen molar-refractivity contribution in [3.8, 4) is 0 Å². The van der Waals surface area contributed by atoms with Gasteiger partial charge in [0.2, 0.25) is 17.8 Å². The third kappa shape index (κ3) is 4.29. The number of hydrogen-bond donors (Lipinski definition) is 3. The normalized spacial score (nSPS) is 11.1. The number of rotatable bonds is 6.